The van der Waals surface area contributed by atoms with Gasteiger partial charge in [-0.25, -0.2) is 5.01 Å². The maximum absolute atomic E-state index is 12.0. The van der Waals surface area contributed by atoms with Crippen molar-refractivity contribution in [1.82, 2.24) is 0 Å². The minimum Gasteiger partial charge on any atom is -0.479 e. The van der Waals surface area contributed by atoms with Crippen LogP contribution in [0.25, 0.3) is 0 Å². The van der Waals surface area contributed by atoms with E-state index >= 15 is 0 Å². The fraction of sp³-hybridized carbons (Fsp3) is 0.385. The first-order valence-corrected chi connectivity index (χ1v) is 11.3. The van der Waals surface area contributed by atoms with E-state index in [1.807, 2.05) is 90.1 Å². The van der Waals surface area contributed by atoms with Crippen LogP contribution in [0.15, 0.2) is 58.7 Å². The number of nitrogens with zero attached hydrogens (tertiary/aromatic N) is 4. The quantitative estimate of drug-likeness (QED) is 0.655. The largest absolute Gasteiger partial charge is 0.479 e. The van der Waals surface area contributed by atoms with Crippen LogP contribution in [0.3, 0.4) is 0 Å². The molecule has 4 rings (SSSR count). The van der Waals surface area contributed by atoms with Crippen LogP contribution in [0, 0.1) is 25.7 Å². The van der Waals surface area contributed by atoms with Crippen molar-refractivity contribution >= 4 is 34.8 Å². The molecule has 7 heteroatoms. The molecule has 2 aliphatic rings. The molecule has 0 aromatic heterocycles. The van der Waals surface area contributed by atoms with Crippen molar-refractivity contribution < 1.29 is 14.3 Å². The summed E-state index contributed by atoms with van der Waals surface area (Å²) < 4.78 is 5.35. The van der Waals surface area contributed by atoms with Gasteiger partial charge in [-0.2, -0.15) is 10.1 Å². The van der Waals surface area contributed by atoms with Crippen LogP contribution in [-0.2, 0) is 14.3 Å². The average molecular weight is 449 g/mol. The summed E-state index contributed by atoms with van der Waals surface area (Å²) >= 11 is 0. The first-order chi connectivity index (χ1) is 15.8. The number of carbonyl (C=O) groups excluding carboxylic acids is 2. The monoisotopic (exact) mass is 448 g/mol. The number of aryl methyl sites for hydroxylation is 2. The second-order valence-corrected chi connectivity index (χ2v) is 8.27. The van der Waals surface area contributed by atoms with E-state index in [1.165, 1.54) is 15.6 Å². The van der Waals surface area contributed by atoms with E-state index in [4.69, 9.17) is 4.74 Å². The summed E-state index contributed by atoms with van der Waals surface area (Å²) in [6, 6.07) is 15.5. The Morgan fingerprint density at radius 1 is 0.788 bits per heavy atom. The first-order valence-electron chi connectivity index (χ1n) is 11.3. The Kier molecular flexibility index (Phi) is 7.63. The molecule has 0 bridgehead atoms. The van der Waals surface area contributed by atoms with Gasteiger partial charge in [-0.15, -0.1) is 5.10 Å². The number of hydrogen-bond acceptors (Lipinski definition) is 5. The Hall–Kier alpha value is -3.48. The van der Waals surface area contributed by atoms with Crippen molar-refractivity contribution in [2.24, 2.45) is 22.0 Å². The summed E-state index contributed by atoms with van der Waals surface area (Å²) in [4.78, 5) is 24.1. The predicted octanol–water partition coefficient (Wildman–Crippen LogP) is 5.07. The second kappa shape index (κ2) is 10.4. The molecule has 0 radical (unpaired) electrons. The first kappa shape index (κ1) is 24.2. The smallest absolute Gasteiger partial charge is 0.259 e. The second-order valence-electron chi connectivity index (χ2n) is 8.27. The van der Waals surface area contributed by atoms with Crippen LogP contribution in [0.1, 0.15) is 45.2 Å². The molecule has 2 unspecified atom stereocenters. The normalized spacial score (nSPS) is 19.8. The van der Waals surface area contributed by atoms with E-state index in [0.717, 1.165) is 29.1 Å². The number of rotatable bonds is 4. The molecule has 0 saturated carbocycles. The highest BCUT2D eigenvalue weighted by Crippen LogP contribution is 2.26. The molecule has 174 valence electrons. The standard InChI is InChI=1S/C13H16N2O2.C13H16N2O/c1-4-17-12-10(3)13(16)15(14-12)11-7-5-9(2)6-8-11;1-4-12-10(3)14-15(13(12)16)11-7-5-9(2)6-8-11/h5-8,10H,4H2,1-3H3;5-8,12H,4H2,1-3H3. The van der Waals surface area contributed by atoms with Gasteiger partial charge in [0.15, 0.2) is 0 Å². The molecule has 0 saturated heterocycles. The molecule has 2 heterocycles. The van der Waals surface area contributed by atoms with E-state index in [-0.39, 0.29) is 23.7 Å². The van der Waals surface area contributed by atoms with E-state index in [1.54, 1.807) is 0 Å². The maximum Gasteiger partial charge on any atom is 0.259 e. The molecule has 33 heavy (non-hydrogen) atoms. The number of hydrogen-bond donors (Lipinski definition) is 0. The van der Waals surface area contributed by atoms with Crippen molar-refractivity contribution in [2.45, 2.75) is 48.0 Å². The van der Waals surface area contributed by atoms with Crippen molar-refractivity contribution in [2.75, 3.05) is 16.6 Å². The number of amides is 2. The number of ether oxygens (including phenoxy) is 1. The lowest BCUT2D eigenvalue weighted by Crippen LogP contribution is -2.26. The highest BCUT2D eigenvalue weighted by molar-refractivity contribution is 6.14. The Bertz CT molecular complexity index is 1060. The SMILES string of the molecule is CCC1C(=O)N(c2ccc(C)cc2)N=C1C.CCOC1=NN(c2ccc(C)cc2)C(=O)C1C. The number of anilines is 2. The average Bonchev–Trinajstić information content (AvgIpc) is 3.25. The zero-order chi connectivity index (χ0) is 24.1. The zero-order valence-electron chi connectivity index (χ0n) is 20.2. The summed E-state index contributed by atoms with van der Waals surface area (Å²) in [5, 5.41) is 11.5. The lowest BCUT2D eigenvalue weighted by molar-refractivity contribution is -0.120. The molecule has 0 N–H and O–H groups in total. The summed E-state index contributed by atoms with van der Waals surface area (Å²) in [6.45, 7) is 12.2. The van der Waals surface area contributed by atoms with Gasteiger partial charge in [0, 0.05) is 5.71 Å². The molecule has 7 nitrogen and oxygen atoms in total. The van der Waals surface area contributed by atoms with Gasteiger partial charge >= 0.3 is 0 Å². The van der Waals surface area contributed by atoms with Crippen LogP contribution in [0.4, 0.5) is 11.4 Å². The Morgan fingerprint density at radius 2 is 1.27 bits per heavy atom. The van der Waals surface area contributed by atoms with Crippen LogP contribution >= 0.6 is 0 Å². The topological polar surface area (TPSA) is 74.6 Å². The minimum atomic E-state index is -0.295. The van der Waals surface area contributed by atoms with Gasteiger partial charge in [0.05, 0.1) is 23.9 Å². The van der Waals surface area contributed by atoms with Gasteiger partial charge in [0.2, 0.25) is 5.90 Å². The number of benzene rings is 2. The molecular formula is C26H32N4O3. The lowest BCUT2D eigenvalue weighted by atomic mass is 10.0. The van der Waals surface area contributed by atoms with Crippen molar-refractivity contribution in [1.29, 1.82) is 0 Å². The Balaban J connectivity index is 0.000000186. The van der Waals surface area contributed by atoms with Gasteiger partial charge in [0.1, 0.15) is 5.92 Å². The zero-order valence-corrected chi connectivity index (χ0v) is 20.2. The third kappa shape index (κ3) is 5.30. The molecule has 0 spiro atoms. The molecule has 2 aromatic carbocycles. The molecule has 2 aromatic rings. The third-order valence-corrected chi connectivity index (χ3v) is 5.67. The summed E-state index contributed by atoms with van der Waals surface area (Å²) in [7, 11) is 0. The molecule has 2 aliphatic heterocycles. The summed E-state index contributed by atoms with van der Waals surface area (Å²) in [5.41, 5.74) is 4.88. The van der Waals surface area contributed by atoms with Gasteiger partial charge in [-0.3, -0.25) is 9.59 Å². The van der Waals surface area contributed by atoms with E-state index in [9.17, 15) is 9.59 Å². The Morgan fingerprint density at radius 3 is 1.70 bits per heavy atom. The number of hydrazone groups is 2. The molecule has 2 amide bonds. The minimum absolute atomic E-state index is 0.0405. The van der Waals surface area contributed by atoms with Crippen LogP contribution in [0.2, 0.25) is 0 Å². The highest BCUT2D eigenvalue weighted by atomic mass is 16.5. The highest BCUT2D eigenvalue weighted by Gasteiger charge is 2.34. The molecule has 2 atom stereocenters. The summed E-state index contributed by atoms with van der Waals surface area (Å²) in [5.74, 6) is 0.205. The van der Waals surface area contributed by atoms with Crippen molar-refractivity contribution in [3.63, 3.8) is 0 Å². The summed E-state index contributed by atoms with van der Waals surface area (Å²) in [6.07, 6.45) is 0.816. The molecule has 0 fully saturated rings. The van der Waals surface area contributed by atoms with Crippen molar-refractivity contribution in [3.05, 3.63) is 59.7 Å². The lowest BCUT2D eigenvalue weighted by Gasteiger charge is -2.13. The molecule has 0 aliphatic carbocycles. The van der Waals surface area contributed by atoms with E-state index in [0.29, 0.717) is 12.5 Å². The van der Waals surface area contributed by atoms with E-state index < -0.39 is 0 Å². The van der Waals surface area contributed by atoms with Gasteiger partial charge in [-0.1, -0.05) is 42.3 Å². The van der Waals surface area contributed by atoms with Gasteiger partial charge in [0.25, 0.3) is 11.8 Å². The van der Waals surface area contributed by atoms with Gasteiger partial charge in [-0.05, 0) is 65.3 Å². The van der Waals surface area contributed by atoms with Crippen LogP contribution in [-0.4, -0.2) is 30.0 Å². The van der Waals surface area contributed by atoms with Crippen LogP contribution in [0.5, 0.6) is 0 Å². The fourth-order valence-electron chi connectivity index (χ4n) is 3.64. The van der Waals surface area contributed by atoms with Crippen LogP contribution < -0.4 is 10.0 Å². The third-order valence-electron chi connectivity index (χ3n) is 5.67. The number of carbonyl (C=O) groups is 2. The predicted molar refractivity (Wildman–Crippen MR) is 132 cm³/mol. The maximum atomic E-state index is 12.0. The van der Waals surface area contributed by atoms with E-state index in [2.05, 4.69) is 10.2 Å². The van der Waals surface area contributed by atoms with Crippen molar-refractivity contribution in [3.8, 4) is 0 Å². The Labute approximate surface area is 195 Å². The molecular weight excluding hydrogens is 416 g/mol. The van der Waals surface area contributed by atoms with Gasteiger partial charge < -0.3 is 4.74 Å². The fourth-order valence-corrected chi connectivity index (χ4v) is 3.64.